The zero-order valence-corrected chi connectivity index (χ0v) is 10.1. The van der Waals surface area contributed by atoms with Crippen molar-refractivity contribution >= 4 is 22.4 Å². The van der Waals surface area contributed by atoms with Crippen LogP contribution in [0, 0.1) is 17.2 Å². The van der Waals surface area contributed by atoms with Gasteiger partial charge in [0.2, 0.25) is 0 Å². The normalized spacial score (nSPS) is 10.3. The Bertz CT molecular complexity index is 364. The van der Waals surface area contributed by atoms with E-state index in [9.17, 15) is 0 Å². The Morgan fingerprint density at radius 2 is 2.27 bits per heavy atom. The lowest BCUT2D eigenvalue weighted by atomic mass is 10.2. The van der Waals surface area contributed by atoms with E-state index in [0.717, 1.165) is 18.1 Å². The third-order valence-electron chi connectivity index (χ3n) is 2.07. The molecule has 82 valence electrons. The molecule has 0 spiro atoms. The largest absolute Gasteiger partial charge is 0.382 e. The van der Waals surface area contributed by atoms with Crippen molar-refractivity contribution in [3.8, 4) is 6.07 Å². The van der Waals surface area contributed by atoms with Crippen LogP contribution >= 0.6 is 11.5 Å². The van der Waals surface area contributed by atoms with E-state index in [2.05, 4.69) is 36.1 Å². The van der Waals surface area contributed by atoms with Crippen LogP contribution in [0.15, 0.2) is 0 Å². The number of rotatable bonds is 4. The van der Waals surface area contributed by atoms with E-state index >= 15 is 0 Å². The van der Waals surface area contributed by atoms with Gasteiger partial charge >= 0.3 is 0 Å². The van der Waals surface area contributed by atoms with Crippen molar-refractivity contribution in [1.29, 1.82) is 5.26 Å². The third-order valence-corrected chi connectivity index (χ3v) is 2.99. The number of anilines is 2. The van der Waals surface area contributed by atoms with E-state index in [0.29, 0.717) is 17.3 Å². The molecule has 15 heavy (non-hydrogen) atoms. The van der Waals surface area contributed by atoms with Crippen molar-refractivity contribution in [2.75, 3.05) is 23.7 Å². The second kappa shape index (κ2) is 4.99. The number of hydrogen-bond donors (Lipinski definition) is 1. The minimum atomic E-state index is 0.347. The van der Waals surface area contributed by atoms with Gasteiger partial charge in [0.15, 0.2) is 5.82 Å². The fourth-order valence-electron chi connectivity index (χ4n) is 1.41. The molecule has 5 heteroatoms. The fourth-order valence-corrected chi connectivity index (χ4v) is 2.25. The Balaban J connectivity index is 2.97. The van der Waals surface area contributed by atoms with Gasteiger partial charge in [0, 0.05) is 13.1 Å². The maximum atomic E-state index is 8.98. The second-order valence-electron chi connectivity index (χ2n) is 3.79. The first-order valence-corrected chi connectivity index (χ1v) is 5.77. The molecule has 1 rings (SSSR count). The summed E-state index contributed by atoms with van der Waals surface area (Å²) in [5.74, 6) is 0.902. The van der Waals surface area contributed by atoms with E-state index in [-0.39, 0.29) is 0 Å². The first-order chi connectivity index (χ1) is 7.10. The van der Waals surface area contributed by atoms with Crippen LogP contribution < -0.4 is 10.6 Å². The van der Waals surface area contributed by atoms with Crippen LogP contribution in [0.25, 0.3) is 0 Å². The van der Waals surface area contributed by atoms with E-state index in [1.807, 2.05) is 0 Å². The highest BCUT2D eigenvalue weighted by Crippen LogP contribution is 2.29. The molecule has 0 bridgehead atoms. The predicted molar refractivity (Wildman–Crippen MR) is 64.0 cm³/mol. The van der Waals surface area contributed by atoms with E-state index in [1.165, 1.54) is 11.5 Å². The molecular weight excluding hydrogens is 208 g/mol. The third kappa shape index (κ3) is 2.60. The van der Waals surface area contributed by atoms with Gasteiger partial charge < -0.3 is 10.6 Å². The molecular formula is C10H16N4S. The zero-order chi connectivity index (χ0) is 11.4. The van der Waals surface area contributed by atoms with Crippen LogP contribution in [0.1, 0.15) is 26.3 Å². The highest BCUT2D eigenvalue weighted by Gasteiger charge is 2.17. The van der Waals surface area contributed by atoms with Gasteiger partial charge in [-0.05, 0) is 24.4 Å². The Morgan fingerprint density at radius 3 is 2.73 bits per heavy atom. The summed E-state index contributed by atoms with van der Waals surface area (Å²) in [5, 5.41) is 9.87. The number of nitrogens with two attached hydrogens (primary N) is 1. The van der Waals surface area contributed by atoms with Crippen LogP contribution in [0.3, 0.4) is 0 Å². The van der Waals surface area contributed by atoms with Crippen LogP contribution in [-0.2, 0) is 0 Å². The maximum Gasteiger partial charge on any atom is 0.157 e. The van der Waals surface area contributed by atoms with Gasteiger partial charge in [-0.3, -0.25) is 0 Å². The molecule has 0 radical (unpaired) electrons. The van der Waals surface area contributed by atoms with Crippen LogP contribution in [0.2, 0.25) is 0 Å². The average molecular weight is 224 g/mol. The minimum Gasteiger partial charge on any atom is -0.382 e. The van der Waals surface area contributed by atoms with Crippen LogP contribution in [-0.4, -0.2) is 17.5 Å². The van der Waals surface area contributed by atoms with E-state index in [4.69, 9.17) is 11.0 Å². The zero-order valence-electron chi connectivity index (χ0n) is 9.32. The molecule has 0 aliphatic heterocycles. The first-order valence-electron chi connectivity index (χ1n) is 5.00. The lowest BCUT2D eigenvalue weighted by molar-refractivity contribution is 0.621. The molecule has 1 heterocycles. The highest BCUT2D eigenvalue weighted by atomic mass is 32.1. The van der Waals surface area contributed by atoms with Gasteiger partial charge in [-0.1, -0.05) is 13.8 Å². The summed E-state index contributed by atoms with van der Waals surface area (Å²) in [6.07, 6.45) is 0. The van der Waals surface area contributed by atoms with Crippen molar-refractivity contribution in [2.24, 2.45) is 5.92 Å². The highest BCUT2D eigenvalue weighted by molar-refractivity contribution is 7.10. The van der Waals surface area contributed by atoms with Crippen molar-refractivity contribution < 1.29 is 0 Å². The Kier molecular flexibility index (Phi) is 3.92. The molecule has 0 saturated carbocycles. The molecule has 0 unspecified atom stereocenters. The number of nitrogen functional groups attached to an aromatic ring is 1. The molecule has 1 aromatic rings. The van der Waals surface area contributed by atoms with Gasteiger partial charge in [0.1, 0.15) is 16.6 Å². The molecule has 4 nitrogen and oxygen atoms in total. The van der Waals surface area contributed by atoms with Gasteiger partial charge in [-0.25, -0.2) is 0 Å². The van der Waals surface area contributed by atoms with E-state index < -0.39 is 0 Å². The summed E-state index contributed by atoms with van der Waals surface area (Å²) in [6, 6.07) is 2.11. The fraction of sp³-hybridized carbons (Fsp3) is 0.600. The molecule has 0 amide bonds. The average Bonchev–Trinajstić information content (AvgIpc) is 2.55. The quantitative estimate of drug-likeness (QED) is 0.850. The Hall–Kier alpha value is -1.28. The molecule has 1 aromatic heterocycles. The smallest absolute Gasteiger partial charge is 0.157 e. The van der Waals surface area contributed by atoms with Gasteiger partial charge in [-0.2, -0.15) is 9.64 Å². The summed E-state index contributed by atoms with van der Waals surface area (Å²) < 4.78 is 4.02. The maximum absolute atomic E-state index is 8.98. The van der Waals surface area contributed by atoms with Crippen LogP contribution in [0.4, 0.5) is 10.8 Å². The Labute approximate surface area is 94.5 Å². The molecule has 0 aliphatic carbocycles. The standard InChI is InChI=1S/C10H16N4S/c1-4-14(6-7(2)3)10-8(5-11)9(12)13-15-10/h7H,4,6H2,1-3H3,(H2,12,13). The number of aromatic nitrogens is 1. The molecule has 0 aromatic carbocycles. The Morgan fingerprint density at radius 1 is 1.60 bits per heavy atom. The summed E-state index contributed by atoms with van der Waals surface area (Å²) >= 11 is 1.30. The van der Waals surface area contributed by atoms with Crippen molar-refractivity contribution in [3.63, 3.8) is 0 Å². The van der Waals surface area contributed by atoms with Gasteiger partial charge in [0.25, 0.3) is 0 Å². The lowest BCUT2D eigenvalue weighted by Crippen LogP contribution is -2.27. The lowest BCUT2D eigenvalue weighted by Gasteiger charge is -2.23. The molecule has 0 atom stereocenters. The molecule has 2 N–H and O–H groups in total. The van der Waals surface area contributed by atoms with Gasteiger partial charge in [-0.15, -0.1) is 0 Å². The number of nitrogens with zero attached hydrogens (tertiary/aromatic N) is 3. The van der Waals surface area contributed by atoms with Gasteiger partial charge in [0.05, 0.1) is 0 Å². The van der Waals surface area contributed by atoms with Crippen molar-refractivity contribution in [2.45, 2.75) is 20.8 Å². The molecule has 0 saturated heterocycles. The first kappa shape index (κ1) is 11.8. The monoisotopic (exact) mass is 224 g/mol. The van der Waals surface area contributed by atoms with Crippen molar-refractivity contribution in [3.05, 3.63) is 5.56 Å². The summed E-state index contributed by atoms with van der Waals surface area (Å²) in [7, 11) is 0. The summed E-state index contributed by atoms with van der Waals surface area (Å²) in [5.41, 5.74) is 6.14. The minimum absolute atomic E-state index is 0.347. The SMILES string of the molecule is CCN(CC(C)C)c1snc(N)c1C#N. The molecule has 0 aliphatic rings. The number of hydrogen-bond acceptors (Lipinski definition) is 5. The number of nitriles is 1. The van der Waals surface area contributed by atoms with Crippen LogP contribution in [0.5, 0.6) is 0 Å². The predicted octanol–water partition coefficient (Wildman–Crippen LogP) is 2.08. The summed E-state index contributed by atoms with van der Waals surface area (Å²) in [4.78, 5) is 2.15. The second-order valence-corrected chi connectivity index (χ2v) is 4.54. The topological polar surface area (TPSA) is 65.9 Å². The molecule has 0 fully saturated rings. The van der Waals surface area contributed by atoms with Crippen molar-refractivity contribution in [1.82, 2.24) is 4.37 Å². The van der Waals surface area contributed by atoms with E-state index in [1.54, 1.807) is 0 Å². The summed E-state index contributed by atoms with van der Waals surface area (Å²) in [6.45, 7) is 8.17.